The summed E-state index contributed by atoms with van der Waals surface area (Å²) in [4.78, 5) is 14.3. The molecule has 1 fully saturated rings. The average molecular weight is 380 g/mol. The third-order valence-corrected chi connectivity index (χ3v) is 5.56. The van der Waals surface area contributed by atoms with Gasteiger partial charge in [0, 0.05) is 12.3 Å². The minimum Gasteiger partial charge on any atom is -0.308 e. The van der Waals surface area contributed by atoms with Crippen LogP contribution in [0.25, 0.3) is 0 Å². The molecule has 1 aliphatic heterocycles. The van der Waals surface area contributed by atoms with Crippen molar-refractivity contribution in [3.63, 3.8) is 0 Å². The number of carbonyl (C=O) groups is 1. The van der Waals surface area contributed by atoms with Gasteiger partial charge in [0.25, 0.3) is 0 Å². The van der Waals surface area contributed by atoms with E-state index < -0.39 is 17.8 Å². The van der Waals surface area contributed by atoms with Crippen molar-refractivity contribution in [3.8, 4) is 0 Å². The zero-order valence-electron chi connectivity index (χ0n) is 14.4. The van der Waals surface area contributed by atoms with Crippen molar-refractivity contribution >= 4 is 23.5 Å². The Morgan fingerprint density at radius 1 is 1.19 bits per heavy atom. The molecule has 3 rings (SSSR count). The maximum atomic E-state index is 13.1. The van der Waals surface area contributed by atoms with Gasteiger partial charge in [0.05, 0.1) is 11.3 Å². The van der Waals surface area contributed by atoms with E-state index in [2.05, 4.69) is 5.32 Å². The molecule has 0 radical (unpaired) electrons. The number of halogens is 3. The molecule has 3 nitrogen and oxygen atoms in total. The summed E-state index contributed by atoms with van der Waals surface area (Å²) in [6.45, 7) is 4.47. The second-order valence-electron chi connectivity index (χ2n) is 6.25. The molecule has 0 spiro atoms. The second kappa shape index (κ2) is 7.23. The van der Waals surface area contributed by atoms with Crippen LogP contribution >= 0.6 is 11.8 Å². The van der Waals surface area contributed by atoms with Gasteiger partial charge in [-0.15, -0.1) is 11.8 Å². The van der Waals surface area contributed by atoms with Crippen LogP contribution in [0.4, 0.5) is 23.7 Å². The molecule has 138 valence electrons. The van der Waals surface area contributed by atoms with Crippen LogP contribution in [0.1, 0.15) is 27.6 Å². The zero-order valence-corrected chi connectivity index (χ0v) is 15.2. The van der Waals surface area contributed by atoms with Gasteiger partial charge in [-0.3, -0.25) is 0 Å². The molecule has 7 heteroatoms. The smallest absolute Gasteiger partial charge is 0.308 e. The summed E-state index contributed by atoms with van der Waals surface area (Å²) in [7, 11) is 0. The lowest BCUT2D eigenvalue weighted by atomic mass is 10.1. The van der Waals surface area contributed by atoms with Crippen LogP contribution in [0.3, 0.4) is 0 Å². The van der Waals surface area contributed by atoms with Crippen LogP contribution in [0.5, 0.6) is 0 Å². The molecule has 1 saturated heterocycles. The van der Waals surface area contributed by atoms with Crippen LogP contribution in [0.2, 0.25) is 0 Å². The summed E-state index contributed by atoms with van der Waals surface area (Å²) in [5.74, 6) is 0.742. The van der Waals surface area contributed by atoms with Crippen LogP contribution in [-0.4, -0.2) is 23.2 Å². The van der Waals surface area contributed by atoms with Gasteiger partial charge < -0.3 is 10.2 Å². The lowest BCUT2D eigenvalue weighted by molar-refractivity contribution is -0.136. The Kier molecular flexibility index (Phi) is 5.18. The quantitative estimate of drug-likeness (QED) is 0.735. The number of nitrogens with zero attached hydrogens (tertiary/aromatic N) is 1. The summed E-state index contributed by atoms with van der Waals surface area (Å²) in [5, 5.41) is 2.24. The minimum atomic E-state index is -4.52. The number of thioether (sulfide) groups is 1. The molecule has 26 heavy (non-hydrogen) atoms. The summed E-state index contributed by atoms with van der Waals surface area (Å²) in [6.07, 6.45) is -4.52. The standard InChI is InChI=1S/C19H19F3N2OS/c1-12-7-8-14(13(2)11-12)17-24(9-10-26-17)18(25)23-16-6-4-3-5-15(16)19(20,21)22/h3-8,11,17H,9-10H2,1-2H3,(H,23,25)/t17-/m1/s1. The maximum absolute atomic E-state index is 13.1. The number of benzene rings is 2. The van der Waals surface area contributed by atoms with Gasteiger partial charge in [-0.05, 0) is 37.1 Å². The third kappa shape index (κ3) is 3.82. The van der Waals surface area contributed by atoms with E-state index >= 15 is 0 Å². The Morgan fingerprint density at radius 2 is 1.92 bits per heavy atom. The van der Waals surface area contributed by atoms with E-state index in [0.717, 1.165) is 28.5 Å². The molecule has 1 atom stereocenters. The molecule has 2 aromatic rings. The Bertz CT molecular complexity index is 823. The van der Waals surface area contributed by atoms with Crippen molar-refractivity contribution in [1.29, 1.82) is 0 Å². The minimum absolute atomic E-state index is 0.200. The highest BCUT2D eigenvalue weighted by molar-refractivity contribution is 7.99. The van der Waals surface area contributed by atoms with Crippen LogP contribution in [0.15, 0.2) is 42.5 Å². The molecule has 1 heterocycles. The maximum Gasteiger partial charge on any atom is 0.418 e. The first-order chi connectivity index (χ1) is 12.3. The highest BCUT2D eigenvalue weighted by Gasteiger charge is 2.36. The number of para-hydroxylation sites is 1. The molecular weight excluding hydrogens is 361 g/mol. The van der Waals surface area contributed by atoms with E-state index in [9.17, 15) is 18.0 Å². The van der Waals surface area contributed by atoms with Gasteiger partial charge in [-0.1, -0.05) is 35.9 Å². The fourth-order valence-corrected chi connectivity index (χ4v) is 4.42. The molecule has 2 aromatic carbocycles. The normalized spacial score (nSPS) is 17.4. The van der Waals surface area contributed by atoms with E-state index in [1.165, 1.54) is 18.2 Å². The first-order valence-electron chi connectivity index (χ1n) is 8.20. The summed E-state index contributed by atoms with van der Waals surface area (Å²) in [5.41, 5.74) is 2.14. The number of hydrogen-bond acceptors (Lipinski definition) is 2. The third-order valence-electron chi connectivity index (χ3n) is 4.32. The zero-order chi connectivity index (χ0) is 18.9. The molecule has 0 bridgehead atoms. The Balaban J connectivity index is 1.84. The van der Waals surface area contributed by atoms with Crippen LogP contribution in [0, 0.1) is 13.8 Å². The van der Waals surface area contributed by atoms with Crippen molar-refractivity contribution in [2.24, 2.45) is 0 Å². The van der Waals surface area contributed by atoms with Crippen molar-refractivity contribution in [3.05, 3.63) is 64.7 Å². The molecule has 0 aromatic heterocycles. The number of amides is 2. The number of hydrogen-bond donors (Lipinski definition) is 1. The van der Waals surface area contributed by atoms with Gasteiger partial charge in [0.1, 0.15) is 5.37 Å². The monoisotopic (exact) mass is 380 g/mol. The molecule has 1 aliphatic rings. The van der Waals surface area contributed by atoms with Gasteiger partial charge in [-0.2, -0.15) is 13.2 Å². The Morgan fingerprint density at radius 3 is 2.62 bits per heavy atom. The fraction of sp³-hybridized carbons (Fsp3) is 0.316. The number of urea groups is 1. The number of carbonyl (C=O) groups excluding carboxylic acids is 1. The first kappa shape index (κ1) is 18.6. The highest BCUT2D eigenvalue weighted by Crippen LogP contribution is 2.40. The van der Waals surface area contributed by atoms with E-state index in [-0.39, 0.29) is 11.1 Å². The largest absolute Gasteiger partial charge is 0.418 e. The number of rotatable bonds is 2. The van der Waals surface area contributed by atoms with Gasteiger partial charge >= 0.3 is 12.2 Å². The molecule has 0 saturated carbocycles. The summed E-state index contributed by atoms with van der Waals surface area (Å²) < 4.78 is 39.4. The van der Waals surface area contributed by atoms with Crippen molar-refractivity contribution in [1.82, 2.24) is 4.90 Å². The van der Waals surface area contributed by atoms with E-state index in [1.807, 2.05) is 32.0 Å². The lowest BCUT2D eigenvalue weighted by Crippen LogP contribution is -2.35. The molecule has 0 unspecified atom stereocenters. The van der Waals surface area contributed by atoms with Gasteiger partial charge in [0.2, 0.25) is 0 Å². The number of aryl methyl sites for hydroxylation is 2. The number of alkyl halides is 3. The average Bonchev–Trinajstić information content (AvgIpc) is 3.04. The van der Waals surface area contributed by atoms with Crippen LogP contribution in [-0.2, 0) is 6.18 Å². The first-order valence-corrected chi connectivity index (χ1v) is 9.25. The van der Waals surface area contributed by atoms with Gasteiger partial charge in [-0.25, -0.2) is 4.79 Å². The second-order valence-corrected chi connectivity index (χ2v) is 7.44. The van der Waals surface area contributed by atoms with Crippen molar-refractivity contribution in [2.45, 2.75) is 25.4 Å². The molecule has 0 aliphatic carbocycles. The summed E-state index contributed by atoms with van der Waals surface area (Å²) in [6, 6.07) is 10.5. The van der Waals surface area contributed by atoms with Crippen molar-refractivity contribution < 1.29 is 18.0 Å². The summed E-state index contributed by atoms with van der Waals surface area (Å²) >= 11 is 1.62. The van der Waals surface area contributed by atoms with E-state index in [4.69, 9.17) is 0 Å². The predicted molar refractivity (Wildman–Crippen MR) is 98.3 cm³/mol. The fourth-order valence-electron chi connectivity index (χ4n) is 3.06. The Labute approximate surface area is 154 Å². The van der Waals surface area contributed by atoms with Gasteiger partial charge in [0.15, 0.2) is 0 Å². The SMILES string of the molecule is Cc1ccc([C@H]2SCCN2C(=O)Nc2ccccc2C(F)(F)F)c(C)c1. The highest BCUT2D eigenvalue weighted by atomic mass is 32.2. The molecule has 1 N–H and O–H groups in total. The lowest BCUT2D eigenvalue weighted by Gasteiger charge is -2.26. The van der Waals surface area contributed by atoms with Crippen molar-refractivity contribution in [2.75, 3.05) is 17.6 Å². The van der Waals surface area contributed by atoms with Crippen LogP contribution < -0.4 is 5.32 Å². The predicted octanol–water partition coefficient (Wildman–Crippen LogP) is 5.60. The van der Waals surface area contributed by atoms with E-state index in [0.29, 0.717) is 6.54 Å². The number of nitrogens with one attached hydrogen (secondary N) is 1. The molecule has 2 amide bonds. The van der Waals surface area contributed by atoms with E-state index in [1.54, 1.807) is 16.7 Å². The number of anilines is 1. The Hall–Kier alpha value is -2.15. The topological polar surface area (TPSA) is 32.3 Å². The molecular formula is C19H19F3N2OS.